The van der Waals surface area contributed by atoms with Gasteiger partial charge in [0, 0.05) is 12.6 Å². The summed E-state index contributed by atoms with van der Waals surface area (Å²) in [6, 6.07) is 11.4. The van der Waals surface area contributed by atoms with Gasteiger partial charge >= 0.3 is 0 Å². The van der Waals surface area contributed by atoms with E-state index in [4.69, 9.17) is 4.74 Å². The number of methoxy groups -OCH3 is 1. The summed E-state index contributed by atoms with van der Waals surface area (Å²) in [5.74, 6) is 0.474. The lowest BCUT2D eigenvalue weighted by Crippen LogP contribution is -2.40. The molecular weight excluding hydrogens is 399 g/mol. The molecule has 1 amide bonds. The molecule has 31 heavy (non-hydrogen) atoms. The summed E-state index contributed by atoms with van der Waals surface area (Å²) in [6.45, 7) is 2.45. The minimum Gasteiger partial charge on any atom is -0.495 e. The second kappa shape index (κ2) is 9.26. The van der Waals surface area contributed by atoms with Crippen LogP contribution in [0, 0.1) is 11.7 Å². The highest BCUT2D eigenvalue weighted by atomic mass is 19.1. The van der Waals surface area contributed by atoms with Gasteiger partial charge < -0.3 is 10.1 Å². The molecule has 0 unspecified atom stereocenters. The van der Waals surface area contributed by atoms with Crippen molar-refractivity contribution in [2.24, 2.45) is 5.92 Å². The molecule has 2 heterocycles. The summed E-state index contributed by atoms with van der Waals surface area (Å²) >= 11 is 0. The van der Waals surface area contributed by atoms with E-state index in [1.807, 2.05) is 18.2 Å². The number of benzene rings is 2. The van der Waals surface area contributed by atoms with Crippen LogP contribution in [0.2, 0.25) is 0 Å². The quantitative estimate of drug-likeness (QED) is 0.659. The molecule has 2 aromatic carbocycles. The molecule has 4 rings (SSSR count). The van der Waals surface area contributed by atoms with Gasteiger partial charge in [-0.2, -0.15) is 0 Å². The first-order chi connectivity index (χ1) is 15.0. The molecule has 0 aliphatic carbocycles. The average Bonchev–Trinajstić information content (AvgIpc) is 2.77. The number of carbonyl (C=O) groups is 1. The minimum atomic E-state index is -0.403. The normalized spacial score (nSPS) is 15.2. The van der Waals surface area contributed by atoms with E-state index in [0.717, 1.165) is 25.9 Å². The van der Waals surface area contributed by atoms with Crippen LogP contribution in [0.3, 0.4) is 0 Å². The standard InChI is InChI=1S/C23H25FN4O3/c1-31-21-5-3-2-4-19(21)26-22(29)14-27-10-8-16(9-11-27)13-28-15-25-20-12-17(24)6-7-18(20)23(28)30/h2-7,12,15-16H,8-11,13-14H2,1H3,(H,26,29). The second-order valence-corrected chi connectivity index (χ2v) is 7.83. The summed E-state index contributed by atoms with van der Waals surface area (Å²) in [7, 11) is 1.57. The zero-order valence-electron chi connectivity index (χ0n) is 17.4. The lowest BCUT2D eigenvalue weighted by Gasteiger charge is -2.31. The number of likely N-dealkylation sites (tertiary alicyclic amines) is 1. The molecule has 1 aliphatic rings. The van der Waals surface area contributed by atoms with E-state index >= 15 is 0 Å². The van der Waals surface area contributed by atoms with Crippen LogP contribution >= 0.6 is 0 Å². The minimum absolute atomic E-state index is 0.0786. The van der Waals surface area contributed by atoms with Crippen LogP contribution in [0.5, 0.6) is 5.75 Å². The van der Waals surface area contributed by atoms with Crippen molar-refractivity contribution in [1.82, 2.24) is 14.5 Å². The Bertz CT molecular complexity index is 1140. The Labute approximate surface area is 179 Å². The number of aromatic nitrogens is 2. The Balaban J connectivity index is 1.31. The summed E-state index contributed by atoms with van der Waals surface area (Å²) in [5, 5.41) is 3.33. The first-order valence-corrected chi connectivity index (χ1v) is 10.3. The van der Waals surface area contributed by atoms with Gasteiger partial charge in [-0.05, 0) is 56.1 Å². The number of anilines is 1. The average molecular weight is 424 g/mol. The molecule has 1 saturated heterocycles. The van der Waals surface area contributed by atoms with Crippen LogP contribution in [-0.2, 0) is 11.3 Å². The van der Waals surface area contributed by atoms with E-state index in [0.29, 0.717) is 41.3 Å². The topological polar surface area (TPSA) is 76.5 Å². The monoisotopic (exact) mass is 424 g/mol. The van der Waals surface area contributed by atoms with Crippen LogP contribution in [0.1, 0.15) is 12.8 Å². The van der Waals surface area contributed by atoms with Crippen LogP contribution in [0.25, 0.3) is 10.9 Å². The maximum atomic E-state index is 13.3. The first-order valence-electron chi connectivity index (χ1n) is 10.3. The molecule has 8 heteroatoms. The summed E-state index contributed by atoms with van der Waals surface area (Å²) in [4.78, 5) is 31.4. The van der Waals surface area contributed by atoms with Gasteiger partial charge in [-0.15, -0.1) is 0 Å². The van der Waals surface area contributed by atoms with Crippen molar-refractivity contribution in [2.45, 2.75) is 19.4 Å². The molecule has 0 saturated carbocycles. The Morgan fingerprint density at radius 3 is 2.77 bits per heavy atom. The molecule has 1 N–H and O–H groups in total. The highest BCUT2D eigenvalue weighted by Gasteiger charge is 2.22. The summed E-state index contributed by atoms with van der Waals surface area (Å²) < 4.78 is 20.2. The molecule has 0 radical (unpaired) electrons. The van der Waals surface area contributed by atoms with E-state index in [-0.39, 0.29) is 11.5 Å². The molecule has 0 atom stereocenters. The molecule has 162 valence electrons. The number of fused-ring (bicyclic) bond motifs is 1. The van der Waals surface area contributed by atoms with Crippen LogP contribution in [0.4, 0.5) is 10.1 Å². The van der Waals surface area contributed by atoms with E-state index in [2.05, 4.69) is 15.2 Å². The largest absolute Gasteiger partial charge is 0.495 e. The fraction of sp³-hybridized carbons (Fsp3) is 0.348. The van der Waals surface area contributed by atoms with E-state index < -0.39 is 5.82 Å². The third kappa shape index (κ3) is 4.91. The van der Waals surface area contributed by atoms with Crippen LogP contribution in [-0.4, -0.2) is 47.1 Å². The maximum absolute atomic E-state index is 13.3. The Morgan fingerprint density at radius 2 is 2.00 bits per heavy atom. The second-order valence-electron chi connectivity index (χ2n) is 7.83. The third-order valence-electron chi connectivity index (χ3n) is 5.70. The fourth-order valence-corrected chi connectivity index (χ4v) is 4.01. The third-order valence-corrected chi connectivity index (χ3v) is 5.70. The summed E-state index contributed by atoms with van der Waals surface area (Å²) in [5.41, 5.74) is 0.883. The number of halogens is 1. The van der Waals surface area contributed by atoms with E-state index in [9.17, 15) is 14.0 Å². The maximum Gasteiger partial charge on any atom is 0.261 e. The van der Waals surface area contributed by atoms with Gasteiger partial charge in [-0.1, -0.05) is 12.1 Å². The number of hydrogen-bond acceptors (Lipinski definition) is 5. The number of nitrogens with zero attached hydrogens (tertiary/aromatic N) is 3. The molecule has 1 aromatic heterocycles. The predicted octanol–water partition coefficient (Wildman–Crippen LogP) is 2.89. The van der Waals surface area contributed by atoms with Crippen molar-refractivity contribution >= 4 is 22.5 Å². The van der Waals surface area contributed by atoms with Gasteiger partial charge in [0.1, 0.15) is 11.6 Å². The molecule has 0 spiro atoms. The summed E-state index contributed by atoms with van der Waals surface area (Å²) in [6.07, 6.45) is 3.27. The van der Waals surface area contributed by atoms with Crippen molar-refractivity contribution in [2.75, 3.05) is 32.1 Å². The number of nitrogens with one attached hydrogen (secondary N) is 1. The number of hydrogen-bond donors (Lipinski definition) is 1. The Kier molecular flexibility index (Phi) is 6.27. The molecule has 1 fully saturated rings. The van der Waals surface area contributed by atoms with Gasteiger partial charge in [0.2, 0.25) is 5.91 Å². The highest BCUT2D eigenvalue weighted by Crippen LogP contribution is 2.23. The van der Waals surface area contributed by atoms with Crippen molar-refractivity contribution in [3.8, 4) is 5.75 Å². The number of ether oxygens (including phenoxy) is 1. The van der Waals surface area contributed by atoms with Crippen LogP contribution < -0.4 is 15.6 Å². The van der Waals surface area contributed by atoms with Crippen molar-refractivity contribution in [3.63, 3.8) is 0 Å². The Hall–Kier alpha value is -3.26. The number of amides is 1. The first kappa shape index (κ1) is 21.0. The zero-order chi connectivity index (χ0) is 21.8. The molecular formula is C23H25FN4O3. The van der Waals surface area contributed by atoms with E-state index in [1.165, 1.54) is 24.5 Å². The Morgan fingerprint density at radius 1 is 1.23 bits per heavy atom. The van der Waals surface area contributed by atoms with Crippen molar-refractivity contribution in [3.05, 3.63) is 65.0 Å². The van der Waals surface area contributed by atoms with Gasteiger partial charge in [-0.25, -0.2) is 9.37 Å². The van der Waals surface area contributed by atoms with Gasteiger partial charge in [0.15, 0.2) is 0 Å². The SMILES string of the molecule is COc1ccccc1NC(=O)CN1CCC(Cn2cnc3cc(F)ccc3c2=O)CC1. The molecule has 7 nitrogen and oxygen atoms in total. The predicted molar refractivity (Wildman–Crippen MR) is 117 cm³/mol. The number of carbonyl (C=O) groups excluding carboxylic acids is 1. The molecule has 1 aliphatic heterocycles. The van der Waals surface area contributed by atoms with Crippen molar-refractivity contribution < 1.29 is 13.9 Å². The molecule has 0 bridgehead atoms. The number of para-hydroxylation sites is 2. The van der Waals surface area contributed by atoms with Gasteiger partial charge in [0.25, 0.3) is 5.56 Å². The number of rotatable bonds is 6. The lowest BCUT2D eigenvalue weighted by molar-refractivity contribution is -0.117. The fourth-order valence-electron chi connectivity index (χ4n) is 4.01. The van der Waals surface area contributed by atoms with Crippen LogP contribution in [0.15, 0.2) is 53.6 Å². The van der Waals surface area contributed by atoms with Gasteiger partial charge in [0.05, 0.1) is 36.6 Å². The number of piperidine rings is 1. The van der Waals surface area contributed by atoms with E-state index in [1.54, 1.807) is 17.7 Å². The van der Waals surface area contributed by atoms with Crippen molar-refractivity contribution in [1.29, 1.82) is 0 Å². The molecule has 3 aromatic rings. The highest BCUT2D eigenvalue weighted by molar-refractivity contribution is 5.93. The lowest BCUT2D eigenvalue weighted by atomic mass is 9.96. The van der Waals surface area contributed by atoms with Gasteiger partial charge in [-0.3, -0.25) is 19.1 Å². The zero-order valence-corrected chi connectivity index (χ0v) is 17.4. The smallest absolute Gasteiger partial charge is 0.261 e.